The fourth-order valence-electron chi connectivity index (χ4n) is 0.895. The second-order valence-corrected chi connectivity index (χ2v) is 5.59. The molecular formula is C7H11ClOS2. The van der Waals surface area contributed by atoms with Crippen molar-refractivity contribution in [3.05, 3.63) is 0 Å². The highest BCUT2D eigenvalue weighted by atomic mass is 35.5. The topological polar surface area (TPSA) is 17.1 Å². The highest BCUT2D eigenvalue weighted by molar-refractivity contribution is 8.17. The van der Waals surface area contributed by atoms with Gasteiger partial charge in [-0.1, -0.05) is 0 Å². The Balaban J connectivity index is 2.19. The zero-order valence-corrected chi connectivity index (χ0v) is 8.60. The summed E-state index contributed by atoms with van der Waals surface area (Å²) in [6.45, 7) is 0. The number of hydrogen-bond donors (Lipinski definition) is 0. The van der Waals surface area contributed by atoms with Crippen molar-refractivity contribution in [3.63, 3.8) is 0 Å². The monoisotopic (exact) mass is 210 g/mol. The van der Waals surface area contributed by atoms with Crippen LogP contribution in [0.4, 0.5) is 0 Å². The Labute approximate surface area is 80.6 Å². The Morgan fingerprint density at radius 1 is 1.45 bits per heavy atom. The number of thioether (sulfide) groups is 2. The Hall–Kier alpha value is 0.660. The molecule has 1 heterocycles. The minimum absolute atomic E-state index is 0.178. The molecule has 0 saturated carbocycles. The Kier molecular flexibility index (Phi) is 4.72. The SMILES string of the molecule is O=C(CCl)CC1SCCCS1. The molecule has 1 nitrogen and oxygen atoms in total. The number of hydrogen-bond acceptors (Lipinski definition) is 3. The zero-order chi connectivity index (χ0) is 8.10. The summed E-state index contributed by atoms with van der Waals surface area (Å²) in [5.41, 5.74) is 0. The summed E-state index contributed by atoms with van der Waals surface area (Å²) in [5.74, 6) is 2.76. The van der Waals surface area contributed by atoms with E-state index in [4.69, 9.17) is 11.6 Å². The van der Waals surface area contributed by atoms with Gasteiger partial charge in [-0.25, -0.2) is 0 Å². The highest BCUT2D eigenvalue weighted by Gasteiger charge is 2.16. The van der Waals surface area contributed by atoms with Gasteiger partial charge in [0.1, 0.15) is 5.78 Å². The minimum Gasteiger partial charge on any atom is -0.298 e. The van der Waals surface area contributed by atoms with E-state index in [0.29, 0.717) is 11.0 Å². The van der Waals surface area contributed by atoms with Crippen LogP contribution >= 0.6 is 35.1 Å². The van der Waals surface area contributed by atoms with Crippen molar-refractivity contribution in [2.24, 2.45) is 0 Å². The van der Waals surface area contributed by atoms with Crippen molar-refractivity contribution in [1.29, 1.82) is 0 Å². The first-order chi connectivity index (χ1) is 5.33. The van der Waals surface area contributed by atoms with Crippen LogP contribution in [0.25, 0.3) is 0 Å². The molecule has 0 unspecified atom stereocenters. The van der Waals surface area contributed by atoms with E-state index in [9.17, 15) is 4.79 Å². The van der Waals surface area contributed by atoms with Gasteiger partial charge >= 0.3 is 0 Å². The van der Waals surface area contributed by atoms with Crippen LogP contribution in [0.3, 0.4) is 0 Å². The third kappa shape index (κ3) is 3.72. The predicted octanol–water partition coefficient (Wildman–Crippen LogP) is 2.38. The quantitative estimate of drug-likeness (QED) is 0.666. The Bertz CT molecular complexity index is 134. The molecule has 0 amide bonds. The molecule has 0 spiro atoms. The molecular weight excluding hydrogens is 200 g/mol. The number of rotatable bonds is 3. The normalized spacial score (nSPS) is 20.1. The standard InChI is InChI=1S/C7H11ClOS2/c8-5-6(9)4-7-10-2-1-3-11-7/h7H,1-5H2. The van der Waals surface area contributed by atoms with Gasteiger partial charge in [-0.2, -0.15) is 0 Å². The molecule has 0 aliphatic carbocycles. The summed E-state index contributed by atoms with van der Waals surface area (Å²) >= 11 is 9.18. The lowest BCUT2D eigenvalue weighted by Crippen LogP contribution is -2.12. The second-order valence-electron chi connectivity index (χ2n) is 2.40. The second kappa shape index (κ2) is 5.33. The summed E-state index contributed by atoms with van der Waals surface area (Å²) < 4.78 is 0.481. The molecule has 0 N–H and O–H groups in total. The molecule has 0 atom stereocenters. The van der Waals surface area contributed by atoms with Gasteiger partial charge in [-0.3, -0.25) is 4.79 Å². The zero-order valence-electron chi connectivity index (χ0n) is 6.22. The van der Waals surface area contributed by atoms with Gasteiger partial charge < -0.3 is 0 Å². The first kappa shape index (κ1) is 9.75. The van der Waals surface area contributed by atoms with Crippen LogP contribution in [0.15, 0.2) is 0 Å². The fraction of sp³-hybridized carbons (Fsp3) is 0.857. The first-order valence-electron chi connectivity index (χ1n) is 3.64. The van der Waals surface area contributed by atoms with Gasteiger partial charge in [0.2, 0.25) is 0 Å². The smallest absolute Gasteiger partial charge is 0.149 e. The molecule has 4 heteroatoms. The lowest BCUT2D eigenvalue weighted by molar-refractivity contribution is -0.116. The third-order valence-corrected chi connectivity index (χ3v) is 4.68. The largest absolute Gasteiger partial charge is 0.298 e. The van der Waals surface area contributed by atoms with Crippen molar-refractivity contribution in [3.8, 4) is 0 Å². The van der Waals surface area contributed by atoms with Gasteiger partial charge in [0.05, 0.1) is 10.5 Å². The summed E-state index contributed by atoms with van der Waals surface area (Å²) in [7, 11) is 0. The van der Waals surface area contributed by atoms with E-state index in [0.717, 1.165) is 0 Å². The predicted molar refractivity (Wildman–Crippen MR) is 53.7 cm³/mol. The molecule has 11 heavy (non-hydrogen) atoms. The van der Waals surface area contributed by atoms with Crippen LogP contribution in [-0.4, -0.2) is 27.8 Å². The summed E-state index contributed by atoms with van der Waals surface area (Å²) in [4.78, 5) is 10.9. The van der Waals surface area contributed by atoms with Gasteiger partial charge in [0.15, 0.2) is 0 Å². The van der Waals surface area contributed by atoms with Crippen LogP contribution < -0.4 is 0 Å². The molecule has 1 rings (SSSR count). The Morgan fingerprint density at radius 3 is 2.64 bits per heavy atom. The van der Waals surface area contributed by atoms with E-state index < -0.39 is 0 Å². The summed E-state index contributed by atoms with van der Waals surface area (Å²) in [6.07, 6.45) is 1.93. The average molecular weight is 211 g/mol. The maximum absolute atomic E-state index is 10.9. The molecule has 0 aromatic rings. The number of carbonyl (C=O) groups excluding carboxylic acids is 1. The van der Waals surface area contributed by atoms with Gasteiger partial charge in [0.25, 0.3) is 0 Å². The molecule has 0 radical (unpaired) electrons. The van der Waals surface area contributed by atoms with Gasteiger partial charge in [-0.05, 0) is 17.9 Å². The fourth-order valence-corrected chi connectivity index (χ4v) is 3.90. The molecule has 1 aliphatic rings. The van der Waals surface area contributed by atoms with Crippen molar-refractivity contribution in [1.82, 2.24) is 0 Å². The van der Waals surface area contributed by atoms with Crippen LogP contribution in [0.5, 0.6) is 0 Å². The maximum atomic E-state index is 10.9. The molecule has 64 valence electrons. The van der Waals surface area contributed by atoms with Crippen LogP contribution in [0.2, 0.25) is 0 Å². The van der Waals surface area contributed by atoms with E-state index in [2.05, 4.69) is 0 Å². The molecule has 1 aliphatic heterocycles. The molecule has 1 fully saturated rings. The number of ketones is 1. The molecule has 1 saturated heterocycles. The van der Waals surface area contributed by atoms with Gasteiger partial charge in [-0.15, -0.1) is 35.1 Å². The van der Waals surface area contributed by atoms with Crippen LogP contribution in [0, 0.1) is 0 Å². The number of alkyl halides is 1. The van der Waals surface area contributed by atoms with E-state index in [1.165, 1.54) is 17.9 Å². The van der Waals surface area contributed by atoms with Crippen molar-refractivity contribution in [2.45, 2.75) is 17.4 Å². The third-order valence-electron chi connectivity index (χ3n) is 1.44. The average Bonchev–Trinajstić information content (AvgIpc) is 2.06. The molecule has 0 aromatic heterocycles. The Morgan fingerprint density at radius 2 is 2.09 bits per heavy atom. The van der Waals surface area contributed by atoms with Crippen LogP contribution in [-0.2, 0) is 4.79 Å². The van der Waals surface area contributed by atoms with Crippen LogP contribution in [0.1, 0.15) is 12.8 Å². The van der Waals surface area contributed by atoms with E-state index in [1.54, 1.807) is 0 Å². The van der Waals surface area contributed by atoms with Gasteiger partial charge in [0, 0.05) is 6.42 Å². The number of carbonyl (C=O) groups is 1. The van der Waals surface area contributed by atoms with Crippen molar-refractivity contribution in [2.75, 3.05) is 17.4 Å². The maximum Gasteiger partial charge on any atom is 0.149 e. The van der Waals surface area contributed by atoms with E-state index in [-0.39, 0.29) is 11.7 Å². The van der Waals surface area contributed by atoms with E-state index >= 15 is 0 Å². The summed E-state index contributed by atoms with van der Waals surface area (Å²) in [5, 5.41) is 0. The van der Waals surface area contributed by atoms with Crippen molar-refractivity contribution < 1.29 is 4.79 Å². The lowest BCUT2D eigenvalue weighted by Gasteiger charge is -2.19. The number of Topliss-reactive ketones (excluding diaryl/α,β-unsaturated/α-hetero) is 1. The minimum atomic E-state index is 0.178. The summed E-state index contributed by atoms with van der Waals surface area (Å²) in [6, 6.07) is 0. The van der Waals surface area contributed by atoms with E-state index in [1.807, 2.05) is 23.5 Å². The first-order valence-corrected chi connectivity index (χ1v) is 6.27. The highest BCUT2D eigenvalue weighted by Crippen LogP contribution is 2.32. The lowest BCUT2D eigenvalue weighted by atomic mass is 10.3. The molecule has 0 aromatic carbocycles. The number of halogens is 1. The molecule has 0 bridgehead atoms. The van der Waals surface area contributed by atoms with Crippen molar-refractivity contribution >= 4 is 40.9 Å².